The molecule has 1 aliphatic heterocycles. The molecule has 0 bridgehead atoms. The van der Waals surface area contributed by atoms with E-state index < -0.39 is 0 Å². The van der Waals surface area contributed by atoms with Gasteiger partial charge in [-0.05, 0) is 19.8 Å². The van der Waals surface area contributed by atoms with Gasteiger partial charge in [-0.25, -0.2) is 4.98 Å². The van der Waals surface area contributed by atoms with E-state index in [4.69, 9.17) is 11.6 Å². The van der Waals surface area contributed by atoms with Crippen LogP contribution in [0, 0.1) is 6.92 Å². The van der Waals surface area contributed by atoms with Crippen molar-refractivity contribution in [3.8, 4) is 0 Å². The van der Waals surface area contributed by atoms with Gasteiger partial charge in [0.1, 0.15) is 0 Å². The molecule has 0 saturated carbocycles. The SMILES string of the molecule is CCCCc1c(C)nc(N2CC(Cl)CC2=O)[nH]c1=O. The Morgan fingerprint density at radius 3 is 2.74 bits per heavy atom. The van der Waals surface area contributed by atoms with E-state index >= 15 is 0 Å². The van der Waals surface area contributed by atoms with Crippen LogP contribution in [0.5, 0.6) is 0 Å². The third-order valence-electron chi connectivity index (χ3n) is 3.32. The number of hydrogen-bond donors (Lipinski definition) is 1. The molecular formula is C13H18ClN3O2. The second-order valence-electron chi connectivity index (χ2n) is 4.86. The Morgan fingerprint density at radius 1 is 1.47 bits per heavy atom. The normalized spacial score (nSPS) is 19.2. The molecule has 0 radical (unpaired) electrons. The number of aromatic amines is 1. The van der Waals surface area contributed by atoms with Gasteiger partial charge in [-0.1, -0.05) is 13.3 Å². The van der Waals surface area contributed by atoms with Crippen LogP contribution >= 0.6 is 11.6 Å². The van der Waals surface area contributed by atoms with Crippen LogP contribution < -0.4 is 10.5 Å². The quantitative estimate of drug-likeness (QED) is 0.857. The number of halogens is 1. The Hall–Kier alpha value is -1.36. The van der Waals surface area contributed by atoms with E-state index in [1.54, 1.807) is 0 Å². The van der Waals surface area contributed by atoms with Crippen molar-refractivity contribution in [1.82, 2.24) is 9.97 Å². The fraction of sp³-hybridized carbons (Fsp3) is 0.615. The van der Waals surface area contributed by atoms with E-state index in [1.807, 2.05) is 6.92 Å². The molecule has 1 aromatic rings. The first kappa shape index (κ1) is 14.1. The molecule has 1 aromatic heterocycles. The van der Waals surface area contributed by atoms with Gasteiger partial charge in [0.2, 0.25) is 11.9 Å². The molecule has 6 heteroatoms. The van der Waals surface area contributed by atoms with Crippen molar-refractivity contribution >= 4 is 23.5 Å². The highest BCUT2D eigenvalue weighted by Gasteiger charge is 2.31. The van der Waals surface area contributed by atoms with Crippen molar-refractivity contribution in [1.29, 1.82) is 0 Å². The van der Waals surface area contributed by atoms with Crippen molar-refractivity contribution in [3.63, 3.8) is 0 Å². The first-order valence-corrected chi connectivity index (χ1v) is 7.00. The largest absolute Gasteiger partial charge is 0.292 e. The van der Waals surface area contributed by atoms with Crippen molar-refractivity contribution in [2.45, 2.75) is 44.9 Å². The summed E-state index contributed by atoms with van der Waals surface area (Å²) in [6.45, 7) is 4.29. The number of alkyl halides is 1. The van der Waals surface area contributed by atoms with E-state index in [-0.39, 0.29) is 16.8 Å². The van der Waals surface area contributed by atoms with Crippen molar-refractivity contribution in [3.05, 3.63) is 21.6 Å². The lowest BCUT2D eigenvalue weighted by Crippen LogP contribution is -2.30. The summed E-state index contributed by atoms with van der Waals surface area (Å²) in [5.74, 6) is 0.222. The average molecular weight is 284 g/mol. The zero-order chi connectivity index (χ0) is 14.0. The molecule has 1 aliphatic rings. The molecular weight excluding hydrogens is 266 g/mol. The minimum absolute atomic E-state index is 0.0936. The molecule has 2 heterocycles. The van der Waals surface area contributed by atoms with Crippen molar-refractivity contribution in [2.24, 2.45) is 0 Å². The Morgan fingerprint density at radius 2 is 2.21 bits per heavy atom. The Bertz CT molecular complexity index is 541. The number of aryl methyl sites for hydroxylation is 1. The Balaban J connectivity index is 2.30. The number of carbonyl (C=O) groups is 1. The van der Waals surface area contributed by atoms with Crippen LogP contribution in [0.25, 0.3) is 0 Å². The topological polar surface area (TPSA) is 66.1 Å². The lowest BCUT2D eigenvalue weighted by atomic mass is 10.1. The minimum atomic E-state index is -0.210. The zero-order valence-corrected chi connectivity index (χ0v) is 12.0. The predicted molar refractivity (Wildman–Crippen MR) is 74.8 cm³/mol. The molecule has 104 valence electrons. The molecule has 5 nitrogen and oxygen atoms in total. The molecule has 0 spiro atoms. The van der Waals surface area contributed by atoms with Crippen LogP contribution in [-0.2, 0) is 11.2 Å². The minimum Gasteiger partial charge on any atom is -0.292 e. The summed E-state index contributed by atoms with van der Waals surface area (Å²) in [4.78, 5) is 32.3. The molecule has 2 rings (SSSR count). The number of unbranched alkanes of at least 4 members (excludes halogenated alkanes) is 1. The van der Waals surface area contributed by atoms with Crippen LogP contribution in [0.1, 0.15) is 37.4 Å². The van der Waals surface area contributed by atoms with Crippen LogP contribution in [0.15, 0.2) is 4.79 Å². The number of nitrogens with one attached hydrogen (secondary N) is 1. The summed E-state index contributed by atoms with van der Waals surface area (Å²) in [6.07, 6.45) is 3.00. The van der Waals surface area contributed by atoms with Crippen LogP contribution in [-0.4, -0.2) is 27.8 Å². The monoisotopic (exact) mass is 283 g/mol. The third kappa shape index (κ3) is 2.97. The van der Waals surface area contributed by atoms with E-state index in [1.165, 1.54) is 4.90 Å². The van der Waals surface area contributed by atoms with Crippen LogP contribution in [0.2, 0.25) is 0 Å². The number of hydrogen-bond acceptors (Lipinski definition) is 3. The van der Waals surface area contributed by atoms with Gasteiger partial charge in [0.05, 0.1) is 5.38 Å². The molecule has 1 fully saturated rings. The summed E-state index contributed by atoms with van der Waals surface area (Å²) in [5, 5.41) is -0.210. The molecule has 1 saturated heterocycles. The Kier molecular flexibility index (Phi) is 4.24. The third-order valence-corrected chi connectivity index (χ3v) is 3.62. The van der Waals surface area contributed by atoms with E-state index in [2.05, 4.69) is 16.9 Å². The summed E-state index contributed by atoms with van der Waals surface area (Å²) >= 11 is 5.95. The first-order valence-electron chi connectivity index (χ1n) is 6.57. The maximum absolute atomic E-state index is 12.0. The summed E-state index contributed by atoms with van der Waals surface area (Å²) in [5.41, 5.74) is 1.25. The van der Waals surface area contributed by atoms with Crippen LogP contribution in [0.4, 0.5) is 5.95 Å². The fourth-order valence-electron chi connectivity index (χ4n) is 2.24. The number of H-pyrrole nitrogens is 1. The molecule has 1 unspecified atom stereocenters. The maximum Gasteiger partial charge on any atom is 0.255 e. The predicted octanol–water partition coefficient (Wildman–Crippen LogP) is 1.77. The second kappa shape index (κ2) is 5.74. The molecule has 1 N–H and O–H groups in total. The average Bonchev–Trinajstić information content (AvgIpc) is 2.67. The maximum atomic E-state index is 12.0. The molecule has 1 atom stereocenters. The number of nitrogens with zero attached hydrogens (tertiary/aromatic N) is 2. The van der Waals surface area contributed by atoms with Gasteiger partial charge >= 0.3 is 0 Å². The number of amides is 1. The van der Waals surface area contributed by atoms with E-state index in [0.29, 0.717) is 30.2 Å². The first-order chi connectivity index (χ1) is 9.02. The number of rotatable bonds is 4. The van der Waals surface area contributed by atoms with Crippen molar-refractivity contribution < 1.29 is 4.79 Å². The van der Waals surface area contributed by atoms with Gasteiger partial charge in [0.25, 0.3) is 5.56 Å². The molecule has 0 aliphatic carbocycles. The lowest BCUT2D eigenvalue weighted by Gasteiger charge is -2.15. The van der Waals surface area contributed by atoms with E-state index in [0.717, 1.165) is 19.3 Å². The summed E-state index contributed by atoms with van der Waals surface area (Å²) in [6, 6.07) is 0. The van der Waals surface area contributed by atoms with Gasteiger partial charge in [0, 0.05) is 24.2 Å². The van der Waals surface area contributed by atoms with Gasteiger partial charge in [-0.2, -0.15) is 0 Å². The van der Waals surface area contributed by atoms with Crippen LogP contribution in [0.3, 0.4) is 0 Å². The fourth-order valence-corrected chi connectivity index (χ4v) is 2.51. The smallest absolute Gasteiger partial charge is 0.255 e. The summed E-state index contributed by atoms with van der Waals surface area (Å²) in [7, 11) is 0. The van der Waals surface area contributed by atoms with Gasteiger partial charge < -0.3 is 0 Å². The highest BCUT2D eigenvalue weighted by Crippen LogP contribution is 2.21. The highest BCUT2D eigenvalue weighted by molar-refractivity contribution is 6.24. The highest BCUT2D eigenvalue weighted by atomic mass is 35.5. The summed E-state index contributed by atoms with van der Waals surface area (Å²) < 4.78 is 0. The standard InChI is InChI=1S/C13H18ClN3O2/c1-3-4-5-10-8(2)15-13(16-12(10)19)17-7-9(14)6-11(17)18/h9H,3-7H2,1-2H3,(H,15,16,19). The number of carbonyl (C=O) groups excluding carboxylic acids is 1. The van der Waals surface area contributed by atoms with E-state index in [9.17, 15) is 9.59 Å². The number of aromatic nitrogens is 2. The molecule has 0 aromatic carbocycles. The van der Waals surface area contributed by atoms with Gasteiger partial charge in [0.15, 0.2) is 0 Å². The second-order valence-corrected chi connectivity index (χ2v) is 5.48. The Labute approximate surface area is 117 Å². The number of anilines is 1. The zero-order valence-electron chi connectivity index (χ0n) is 11.2. The molecule has 19 heavy (non-hydrogen) atoms. The van der Waals surface area contributed by atoms with Gasteiger partial charge in [-0.3, -0.25) is 19.5 Å². The lowest BCUT2D eigenvalue weighted by molar-refractivity contribution is -0.117. The molecule has 1 amide bonds. The van der Waals surface area contributed by atoms with Crippen molar-refractivity contribution in [2.75, 3.05) is 11.4 Å². The van der Waals surface area contributed by atoms with Gasteiger partial charge in [-0.15, -0.1) is 11.6 Å².